The quantitative estimate of drug-likeness (QED) is 0.594. The van der Waals surface area contributed by atoms with Gasteiger partial charge in [0, 0.05) is 12.6 Å². The van der Waals surface area contributed by atoms with Crippen molar-refractivity contribution in [1.82, 2.24) is 10.2 Å². The van der Waals surface area contributed by atoms with E-state index in [9.17, 15) is 0 Å². The molecule has 92 valence electrons. The summed E-state index contributed by atoms with van der Waals surface area (Å²) >= 11 is 0. The van der Waals surface area contributed by atoms with Crippen LogP contribution in [0.1, 0.15) is 47.5 Å². The van der Waals surface area contributed by atoms with E-state index in [2.05, 4.69) is 44.8 Å². The molecule has 0 fully saturated rings. The molecule has 0 aromatic heterocycles. The smallest absolute Gasteiger partial charge is 0.00103 e. The summed E-state index contributed by atoms with van der Waals surface area (Å²) in [5.74, 6) is 0.836. The Morgan fingerprint density at radius 1 is 1.13 bits per heavy atom. The van der Waals surface area contributed by atoms with Crippen LogP contribution in [0.3, 0.4) is 0 Å². The summed E-state index contributed by atoms with van der Waals surface area (Å²) in [6.45, 7) is 16.1. The lowest BCUT2D eigenvalue weighted by molar-refractivity contribution is 0.241. The average Bonchev–Trinajstić information content (AvgIpc) is 2.21. The molecule has 0 aliphatic heterocycles. The molecular weight excluding hydrogens is 184 g/mol. The van der Waals surface area contributed by atoms with E-state index in [1.165, 1.54) is 32.5 Å². The zero-order valence-corrected chi connectivity index (χ0v) is 11.3. The summed E-state index contributed by atoms with van der Waals surface area (Å²) in [7, 11) is 0. The fourth-order valence-electron chi connectivity index (χ4n) is 1.64. The molecule has 0 amide bonds. The van der Waals surface area contributed by atoms with Crippen LogP contribution in [0.5, 0.6) is 0 Å². The molecule has 0 radical (unpaired) electrons. The van der Waals surface area contributed by atoms with Gasteiger partial charge in [-0.05, 0) is 32.0 Å². The Bertz CT molecular complexity index is 134. The number of rotatable bonds is 9. The van der Waals surface area contributed by atoms with Crippen LogP contribution >= 0.6 is 0 Å². The second kappa shape index (κ2) is 9.17. The van der Waals surface area contributed by atoms with Crippen LogP contribution in [0.2, 0.25) is 0 Å². The van der Waals surface area contributed by atoms with Crippen molar-refractivity contribution in [2.45, 2.75) is 53.5 Å². The van der Waals surface area contributed by atoms with Crippen molar-refractivity contribution in [2.75, 3.05) is 26.2 Å². The molecule has 0 rings (SSSR count). The number of hydrogen-bond acceptors (Lipinski definition) is 2. The van der Waals surface area contributed by atoms with Gasteiger partial charge >= 0.3 is 0 Å². The van der Waals surface area contributed by atoms with Crippen LogP contribution in [0.4, 0.5) is 0 Å². The highest BCUT2D eigenvalue weighted by Crippen LogP contribution is 2.04. The maximum absolute atomic E-state index is 3.47. The Morgan fingerprint density at radius 3 is 2.27 bits per heavy atom. The monoisotopic (exact) mass is 214 g/mol. The highest BCUT2D eigenvalue weighted by molar-refractivity contribution is 4.62. The van der Waals surface area contributed by atoms with Crippen LogP contribution in [0.15, 0.2) is 0 Å². The molecule has 15 heavy (non-hydrogen) atoms. The number of nitrogens with zero attached hydrogens (tertiary/aromatic N) is 1. The molecule has 0 saturated carbocycles. The molecule has 0 aliphatic rings. The minimum Gasteiger partial charge on any atom is -0.314 e. The summed E-state index contributed by atoms with van der Waals surface area (Å²) in [5.41, 5.74) is 0. The molecule has 0 heterocycles. The fraction of sp³-hybridized carbons (Fsp3) is 1.00. The van der Waals surface area contributed by atoms with Gasteiger partial charge in [0.1, 0.15) is 0 Å². The SMILES string of the molecule is CCC(C)CN(CC)CCCNC(C)C. The van der Waals surface area contributed by atoms with Crippen LogP contribution in [-0.4, -0.2) is 37.1 Å². The van der Waals surface area contributed by atoms with Crippen LogP contribution in [0, 0.1) is 5.92 Å². The van der Waals surface area contributed by atoms with Crippen molar-refractivity contribution in [3.63, 3.8) is 0 Å². The van der Waals surface area contributed by atoms with Crippen LogP contribution in [0.25, 0.3) is 0 Å². The van der Waals surface area contributed by atoms with Crippen molar-refractivity contribution < 1.29 is 0 Å². The summed E-state index contributed by atoms with van der Waals surface area (Å²) < 4.78 is 0. The van der Waals surface area contributed by atoms with Gasteiger partial charge in [-0.1, -0.05) is 41.0 Å². The first-order valence-corrected chi connectivity index (χ1v) is 6.55. The topological polar surface area (TPSA) is 15.3 Å². The summed E-state index contributed by atoms with van der Waals surface area (Å²) in [6, 6.07) is 0.620. The largest absolute Gasteiger partial charge is 0.314 e. The predicted molar refractivity (Wildman–Crippen MR) is 69.3 cm³/mol. The van der Waals surface area contributed by atoms with Gasteiger partial charge < -0.3 is 10.2 Å². The molecule has 0 aromatic carbocycles. The molecular formula is C13H30N2. The second-order valence-corrected chi connectivity index (χ2v) is 4.87. The molecule has 1 N–H and O–H groups in total. The standard InChI is InChI=1S/C13H30N2/c1-6-13(5)11-15(7-2)10-8-9-14-12(3)4/h12-14H,6-11H2,1-5H3. The fourth-order valence-corrected chi connectivity index (χ4v) is 1.64. The molecule has 0 saturated heterocycles. The first-order chi connectivity index (χ1) is 7.10. The molecule has 0 bridgehead atoms. The van der Waals surface area contributed by atoms with Gasteiger partial charge in [0.05, 0.1) is 0 Å². The van der Waals surface area contributed by atoms with Crippen molar-refractivity contribution in [2.24, 2.45) is 5.92 Å². The molecule has 1 atom stereocenters. The lowest BCUT2D eigenvalue weighted by atomic mass is 10.1. The Morgan fingerprint density at radius 2 is 1.80 bits per heavy atom. The van der Waals surface area contributed by atoms with Crippen LogP contribution in [-0.2, 0) is 0 Å². The first kappa shape index (κ1) is 14.9. The molecule has 0 aromatic rings. The Labute approximate surface area is 96.4 Å². The first-order valence-electron chi connectivity index (χ1n) is 6.55. The van der Waals surface area contributed by atoms with Crippen molar-refractivity contribution in [3.05, 3.63) is 0 Å². The molecule has 0 spiro atoms. The van der Waals surface area contributed by atoms with Gasteiger partial charge in [-0.15, -0.1) is 0 Å². The Kier molecular flexibility index (Phi) is 9.12. The third-order valence-electron chi connectivity index (χ3n) is 2.92. The van der Waals surface area contributed by atoms with E-state index in [1.807, 2.05) is 0 Å². The molecule has 0 aliphatic carbocycles. The number of hydrogen-bond donors (Lipinski definition) is 1. The minimum absolute atomic E-state index is 0.620. The third kappa shape index (κ3) is 8.88. The number of nitrogens with one attached hydrogen (secondary N) is 1. The lowest BCUT2D eigenvalue weighted by Gasteiger charge is -2.23. The van der Waals surface area contributed by atoms with Gasteiger partial charge in [0.15, 0.2) is 0 Å². The summed E-state index contributed by atoms with van der Waals surface area (Å²) in [6.07, 6.45) is 2.56. The zero-order chi connectivity index (χ0) is 11.7. The normalized spacial score (nSPS) is 13.8. The Hall–Kier alpha value is -0.0800. The van der Waals surface area contributed by atoms with Gasteiger partial charge in [-0.3, -0.25) is 0 Å². The molecule has 2 heteroatoms. The third-order valence-corrected chi connectivity index (χ3v) is 2.92. The van der Waals surface area contributed by atoms with E-state index < -0.39 is 0 Å². The van der Waals surface area contributed by atoms with Crippen molar-refractivity contribution in [3.8, 4) is 0 Å². The predicted octanol–water partition coefficient (Wildman–Crippen LogP) is 2.74. The zero-order valence-electron chi connectivity index (χ0n) is 11.3. The second-order valence-electron chi connectivity index (χ2n) is 4.87. The van der Waals surface area contributed by atoms with E-state index in [4.69, 9.17) is 0 Å². The highest BCUT2D eigenvalue weighted by atomic mass is 15.1. The maximum Gasteiger partial charge on any atom is 0.00103 e. The van der Waals surface area contributed by atoms with Gasteiger partial charge in [-0.25, -0.2) is 0 Å². The van der Waals surface area contributed by atoms with Crippen molar-refractivity contribution in [1.29, 1.82) is 0 Å². The molecule has 1 unspecified atom stereocenters. The van der Waals surface area contributed by atoms with Gasteiger partial charge in [0.2, 0.25) is 0 Å². The van der Waals surface area contributed by atoms with Gasteiger partial charge in [-0.2, -0.15) is 0 Å². The van der Waals surface area contributed by atoms with E-state index in [0.29, 0.717) is 6.04 Å². The average molecular weight is 214 g/mol. The van der Waals surface area contributed by atoms with E-state index >= 15 is 0 Å². The van der Waals surface area contributed by atoms with Gasteiger partial charge in [0.25, 0.3) is 0 Å². The van der Waals surface area contributed by atoms with Crippen LogP contribution < -0.4 is 5.32 Å². The summed E-state index contributed by atoms with van der Waals surface area (Å²) in [5, 5.41) is 3.47. The maximum atomic E-state index is 3.47. The minimum atomic E-state index is 0.620. The lowest BCUT2D eigenvalue weighted by Crippen LogP contribution is -2.32. The summed E-state index contributed by atoms with van der Waals surface area (Å²) in [4.78, 5) is 2.57. The highest BCUT2D eigenvalue weighted by Gasteiger charge is 2.06. The van der Waals surface area contributed by atoms with Crippen molar-refractivity contribution >= 4 is 0 Å². The molecule has 2 nitrogen and oxygen atoms in total. The van der Waals surface area contributed by atoms with E-state index in [0.717, 1.165) is 12.5 Å². The van der Waals surface area contributed by atoms with E-state index in [-0.39, 0.29) is 0 Å². The Balaban J connectivity index is 3.52. The van der Waals surface area contributed by atoms with E-state index in [1.54, 1.807) is 0 Å².